The van der Waals surface area contributed by atoms with Gasteiger partial charge in [-0.05, 0) is 37.1 Å². The zero-order chi connectivity index (χ0) is 19.7. The van der Waals surface area contributed by atoms with Crippen molar-refractivity contribution in [1.29, 1.82) is 0 Å². The highest BCUT2D eigenvalue weighted by atomic mass is 127. The summed E-state index contributed by atoms with van der Waals surface area (Å²) in [6.45, 7) is 1.29. The van der Waals surface area contributed by atoms with E-state index in [4.69, 9.17) is 0 Å². The molecule has 29 heavy (non-hydrogen) atoms. The first-order chi connectivity index (χ1) is 13.6. The van der Waals surface area contributed by atoms with Crippen molar-refractivity contribution < 1.29 is 13.2 Å². The fourth-order valence-electron chi connectivity index (χ4n) is 3.76. The largest absolute Gasteiger partial charge is 0.353 e. The van der Waals surface area contributed by atoms with Crippen LogP contribution in [-0.2, 0) is 0 Å². The SMILES string of the molecule is CN=C(NC1CCN(c2ncccc2F)C1)NC1CC1c1c(F)cccc1F.I. The highest BCUT2D eigenvalue weighted by molar-refractivity contribution is 14.0. The Labute approximate surface area is 184 Å². The van der Waals surface area contributed by atoms with E-state index in [1.54, 1.807) is 19.3 Å². The van der Waals surface area contributed by atoms with E-state index >= 15 is 0 Å². The molecule has 0 radical (unpaired) electrons. The lowest BCUT2D eigenvalue weighted by molar-refractivity contribution is 0.553. The molecule has 1 aromatic heterocycles. The predicted molar refractivity (Wildman–Crippen MR) is 117 cm³/mol. The van der Waals surface area contributed by atoms with Crippen molar-refractivity contribution in [2.45, 2.75) is 30.8 Å². The van der Waals surface area contributed by atoms with Crippen LogP contribution in [0.3, 0.4) is 0 Å². The number of hydrogen-bond acceptors (Lipinski definition) is 3. The molecule has 2 aromatic rings. The molecule has 3 unspecified atom stereocenters. The molecule has 2 fully saturated rings. The normalized spacial score (nSPS) is 23.5. The first-order valence-electron chi connectivity index (χ1n) is 9.36. The summed E-state index contributed by atoms with van der Waals surface area (Å²) in [5.41, 5.74) is 0.133. The molecule has 2 N–H and O–H groups in total. The third-order valence-electron chi connectivity index (χ3n) is 5.27. The summed E-state index contributed by atoms with van der Waals surface area (Å²) >= 11 is 0. The Hall–Kier alpha value is -2.04. The number of hydrogen-bond donors (Lipinski definition) is 2. The molecule has 4 rings (SSSR count). The lowest BCUT2D eigenvalue weighted by Crippen LogP contribution is -2.45. The number of nitrogens with zero attached hydrogens (tertiary/aromatic N) is 3. The number of rotatable bonds is 4. The molecule has 1 saturated heterocycles. The summed E-state index contributed by atoms with van der Waals surface area (Å²) in [7, 11) is 1.65. The maximum Gasteiger partial charge on any atom is 0.191 e. The lowest BCUT2D eigenvalue weighted by atomic mass is 10.1. The number of aromatic nitrogens is 1. The monoisotopic (exact) mass is 517 g/mol. The zero-order valence-electron chi connectivity index (χ0n) is 15.9. The predicted octanol–water partition coefficient (Wildman–Crippen LogP) is 3.42. The van der Waals surface area contributed by atoms with Gasteiger partial charge in [-0.2, -0.15) is 0 Å². The van der Waals surface area contributed by atoms with Crippen LogP contribution in [0.2, 0.25) is 0 Å². The van der Waals surface area contributed by atoms with Crippen LogP contribution in [0.5, 0.6) is 0 Å². The highest BCUT2D eigenvalue weighted by Crippen LogP contribution is 2.43. The Kier molecular flexibility index (Phi) is 6.86. The minimum absolute atomic E-state index is 0. The fraction of sp³-hybridized carbons (Fsp3) is 0.400. The van der Waals surface area contributed by atoms with Gasteiger partial charge in [0.05, 0.1) is 0 Å². The van der Waals surface area contributed by atoms with Crippen molar-refractivity contribution in [2.24, 2.45) is 4.99 Å². The molecule has 1 aliphatic heterocycles. The molecule has 156 valence electrons. The number of halogens is 4. The Morgan fingerprint density at radius 1 is 1.10 bits per heavy atom. The molecule has 5 nitrogen and oxygen atoms in total. The number of aliphatic imine (C=N–C) groups is 1. The van der Waals surface area contributed by atoms with Crippen molar-refractivity contribution >= 4 is 35.8 Å². The van der Waals surface area contributed by atoms with Gasteiger partial charge in [0.25, 0.3) is 0 Å². The molecule has 2 aliphatic rings. The van der Waals surface area contributed by atoms with Crippen LogP contribution in [0, 0.1) is 17.5 Å². The Bertz CT molecular complexity index is 874. The highest BCUT2D eigenvalue weighted by Gasteiger charge is 2.42. The standard InChI is InChI=1S/C20H22F3N5.HI/c1-24-20(27-17-10-13(17)18-14(21)4-2-5-15(18)22)26-12-7-9-28(11-12)19-16(23)6-3-8-25-19;/h2-6,8,12-13,17H,7,9-11H2,1H3,(H2,24,26,27);1H. The first-order valence-corrected chi connectivity index (χ1v) is 9.36. The van der Waals surface area contributed by atoms with E-state index in [1.807, 2.05) is 4.90 Å². The second-order valence-electron chi connectivity index (χ2n) is 7.19. The van der Waals surface area contributed by atoms with E-state index in [-0.39, 0.29) is 53.4 Å². The smallest absolute Gasteiger partial charge is 0.191 e. The molecule has 1 aromatic carbocycles. The number of guanidine groups is 1. The van der Waals surface area contributed by atoms with Crippen molar-refractivity contribution in [3.8, 4) is 0 Å². The van der Waals surface area contributed by atoms with Crippen LogP contribution in [0.15, 0.2) is 41.5 Å². The minimum Gasteiger partial charge on any atom is -0.353 e. The lowest BCUT2D eigenvalue weighted by Gasteiger charge is -2.20. The van der Waals surface area contributed by atoms with Crippen molar-refractivity contribution in [3.05, 3.63) is 59.5 Å². The third kappa shape index (κ3) is 4.76. The summed E-state index contributed by atoms with van der Waals surface area (Å²) in [6, 6.07) is 6.92. The maximum absolute atomic E-state index is 13.9. The number of benzene rings is 1. The van der Waals surface area contributed by atoms with E-state index in [2.05, 4.69) is 20.6 Å². The molecule has 3 atom stereocenters. The van der Waals surface area contributed by atoms with E-state index in [1.165, 1.54) is 24.3 Å². The van der Waals surface area contributed by atoms with Gasteiger partial charge in [0.1, 0.15) is 11.6 Å². The molecular formula is C20H23F3IN5. The van der Waals surface area contributed by atoms with Crippen LogP contribution in [0.25, 0.3) is 0 Å². The quantitative estimate of drug-likeness (QED) is 0.371. The maximum atomic E-state index is 13.9. The summed E-state index contributed by atoms with van der Waals surface area (Å²) in [5.74, 6) is -0.632. The molecule has 0 bridgehead atoms. The fourth-order valence-corrected chi connectivity index (χ4v) is 3.76. The average Bonchev–Trinajstić information content (AvgIpc) is 3.26. The summed E-state index contributed by atoms with van der Waals surface area (Å²) in [5, 5.41) is 6.55. The average molecular weight is 517 g/mol. The summed E-state index contributed by atoms with van der Waals surface area (Å²) in [4.78, 5) is 10.2. The van der Waals surface area contributed by atoms with Crippen LogP contribution in [0.4, 0.5) is 19.0 Å². The second kappa shape index (κ2) is 9.19. The minimum atomic E-state index is -0.513. The first kappa shape index (κ1) is 21.7. The molecule has 1 saturated carbocycles. The zero-order valence-corrected chi connectivity index (χ0v) is 18.2. The second-order valence-corrected chi connectivity index (χ2v) is 7.19. The van der Waals surface area contributed by atoms with Crippen LogP contribution >= 0.6 is 24.0 Å². The van der Waals surface area contributed by atoms with E-state index in [0.29, 0.717) is 31.3 Å². The van der Waals surface area contributed by atoms with Crippen molar-refractivity contribution in [3.63, 3.8) is 0 Å². The van der Waals surface area contributed by atoms with Gasteiger partial charge in [-0.1, -0.05) is 6.07 Å². The van der Waals surface area contributed by atoms with Gasteiger partial charge in [0, 0.05) is 49.9 Å². The van der Waals surface area contributed by atoms with E-state index < -0.39 is 11.6 Å². The molecule has 0 spiro atoms. The Balaban J connectivity index is 0.00000240. The van der Waals surface area contributed by atoms with Gasteiger partial charge >= 0.3 is 0 Å². The van der Waals surface area contributed by atoms with Crippen LogP contribution < -0.4 is 15.5 Å². The van der Waals surface area contributed by atoms with Crippen molar-refractivity contribution in [2.75, 3.05) is 25.0 Å². The molecule has 9 heteroatoms. The Morgan fingerprint density at radius 2 is 1.83 bits per heavy atom. The molecule has 2 heterocycles. The third-order valence-corrected chi connectivity index (χ3v) is 5.27. The summed E-state index contributed by atoms with van der Waals surface area (Å²) < 4.78 is 41.8. The van der Waals surface area contributed by atoms with Gasteiger partial charge in [-0.3, -0.25) is 4.99 Å². The van der Waals surface area contributed by atoms with Gasteiger partial charge in [0.15, 0.2) is 17.6 Å². The van der Waals surface area contributed by atoms with Crippen LogP contribution in [0.1, 0.15) is 24.3 Å². The van der Waals surface area contributed by atoms with Gasteiger partial charge in [-0.25, -0.2) is 18.2 Å². The molecule has 1 aliphatic carbocycles. The van der Waals surface area contributed by atoms with Gasteiger partial charge < -0.3 is 15.5 Å². The van der Waals surface area contributed by atoms with Gasteiger partial charge in [0.2, 0.25) is 0 Å². The van der Waals surface area contributed by atoms with Crippen LogP contribution in [-0.4, -0.2) is 43.2 Å². The topological polar surface area (TPSA) is 52.6 Å². The number of anilines is 1. The van der Waals surface area contributed by atoms with Gasteiger partial charge in [-0.15, -0.1) is 24.0 Å². The number of pyridine rings is 1. The van der Waals surface area contributed by atoms with E-state index in [0.717, 1.165) is 6.42 Å². The molecular weight excluding hydrogens is 494 g/mol. The number of nitrogens with one attached hydrogen (secondary N) is 2. The van der Waals surface area contributed by atoms with E-state index in [9.17, 15) is 13.2 Å². The van der Waals surface area contributed by atoms with Crippen molar-refractivity contribution in [1.82, 2.24) is 15.6 Å². The Morgan fingerprint density at radius 3 is 2.52 bits per heavy atom. The molecule has 0 amide bonds. The summed E-state index contributed by atoms with van der Waals surface area (Å²) in [6.07, 6.45) is 3.04.